The number of rotatable bonds is 6. The second kappa shape index (κ2) is 8.88. The largest absolute Gasteiger partial charge is 0.461 e. The lowest BCUT2D eigenvalue weighted by molar-refractivity contribution is -0.214. The molecule has 0 amide bonds. The molecular weight excluding hydrogens is 412 g/mol. The summed E-state index contributed by atoms with van der Waals surface area (Å²) in [6.45, 7) is 8.25. The van der Waals surface area contributed by atoms with Gasteiger partial charge in [-0.05, 0) is 31.9 Å². The molecular formula is C22H27ClO7. The molecule has 7 nitrogen and oxygen atoms in total. The summed E-state index contributed by atoms with van der Waals surface area (Å²) in [5, 5.41) is 10.8. The van der Waals surface area contributed by atoms with Crippen LogP contribution in [-0.2, 0) is 28.6 Å². The first kappa shape index (κ1) is 24.1. The maximum atomic E-state index is 13.1. The number of hydrogen-bond acceptors (Lipinski definition) is 7. The zero-order valence-electron chi connectivity index (χ0n) is 17.9. The van der Waals surface area contributed by atoms with Crippen molar-refractivity contribution in [2.24, 2.45) is 5.92 Å². The first-order valence-electron chi connectivity index (χ1n) is 9.61. The molecule has 0 aromatic heterocycles. The molecule has 2 aliphatic rings. The zero-order chi connectivity index (χ0) is 22.9. The predicted molar refractivity (Wildman–Crippen MR) is 110 cm³/mol. The fraction of sp³-hybridized carbons (Fsp3) is 0.500. The Kier molecular flexibility index (Phi) is 7.12. The molecule has 8 heteroatoms. The highest BCUT2D eigenvalue weighted by molar-refractivity contribution is 6.48. The average molecular weight is 439 g/mol. The third-order valence-corrected chi connectivity index (χ3v) is 5.57. The molecule has 1 aliphatic heterocycles. The van der Waals surface area contributed by atoms with E-state index in [1.54, 1.807) is 12.2 Å². The molecule has 1 aliphatic carbocycles. The molecule has 0 saturated carbocycles. The smallest absolute Gasteiger partial charge is 0.304 e. The number of ketones is 2. The van der Waals surface area contributed by atoms with Gasteiger partial charge in [0.2, 0.25) is 29.1 Å². The van der Waals surface area contributed by atoms with E-state index in [1.165, 1.54) is 13.2 Å². The quantitative estimate of drug-likeness (QED) is 0.386. The van der Waals surface area contributed by atoms with Crippen LogP contribution in [0.5, 0.6) is 0 Å². The normalized spacial score (nSPS) is 30.7. The van der Waals surface area contributed by atoms with E-state index in [0.29, 0.717) is 5.92 Å². The minimum absolute atomic E-state index is 0.162. The third kappa shape index (κ3) is 4.15. The first-order chi connectivity index (χ1) is 13.9. The van der Waals surface area contributed by atoms with Crippen LogP contribution in [0, 0.1) is 5.92 Å². The lowest BCUT2D eigenvalue weighted by atomic mass is 9.71. The van der Waals surface area contributed by atoms with E-state index in [-0.39, 0.29) is 11.3 Å². The van der Waals surface area contributed by atoms with E-state index in [9.17, 15) is 19.5 Å². The Labute approximate surface area is 181 Å². The summed E-state index contributed by atoms with van der Waals surface area (Å²) in [5.74, 6) is -2.24. The SMILES string of the molecule is CCC(C)/C=C(C)/C=C/C1=CC2=C(Cl)C(=O)C(C)(OC(C)=O)C(=O)C2(O)C(OC)O1. The molecule has 0 fully saturated rings. The molecule has 4 atom stereocenters. The van der Waals surface area contributed by atoms with E-state index < -0.39 is 40.1 Å². The zero-order valence-corrected chi connectivity index (χ0v) is 18.7. The van der Waals surface area contributed by atoms with Crippen LogP contribution in [0.3, 0.4) is 0 Å². The Balaban J connectivity index is 2.56. The molecule has 2 rings (SSSR count). The number of ether oxygens (including phenoxy) is 3. The van der Waals surface area contributed by atoms with Gasteiger partial charge in [-0.1, -0.05) is 49.6 Å². The molecule has 0 aromatic carbocycles. The fourth-order valence-electron chi connectivity index (χ4n) is 3.40. The van der Waals surface area contributed by atoms with Crippen LogP contribution >= 0.6 is 11.6 Å². The van der Waals surface area contributed by atoms with Crippen molar-refractivity contribution in [3.8, 4) is 0 Å². The summed E-state index contributed by atoms with van der Waals surface area (Å²) in [5.41, 5.74) is -3.90. The molecule has 4 unspecified atom stereocenters. The summed E-state index contributed by atoms with van der Waals surface area (Å²) >= 11 is 6.24. The summed E-state index contributed by atoms with van der Waals surface area (Å²) in [6, 6.07) is 0. The number of hydrogen-bond donors (Lipinski definition) is 1. The summed E-state index contributed by atoms with van der Waals surface area (Å²) in [6.07, 6.45) is 6.34. The lowest BCUT2D eigenvalue weighted by Gasteiger charge is -2.45. The van der Waals surface area contributed by atoms with Crippen LogP contribution in [-0.4, -0.2) is 47.2 Å². The maximum Gasteiger partial charge on any atom is 0.304 e. The van der Waals surface area contributed by atoms with Gasteiger partial charge in [0.25, 0.3) is 0 Å². The Morgan fingerprint density at radius 1 is 1.40 bits per heavy atom. The molecule has 1 heterocycles. The molecule has 0 saturated heterocycles. The number of halogens is 1. The average Bonchev–Trinajstić information content (AvgIpc) is 2.69. The van der Waals surface area contributed by atoms with Gasteiger partial charge in [0.15, 0.2) is 0 Å². The van der Waals surface area contributed by atoms with Crippen molar-refractivity contribution in [2.75, 3.05) is 7.11 Å². The van der Waals surface area contributed by atoms with Crippen molar-refractivity contribution >= 4 is 29.1 Å². The van der Waals surface area contributed by atoms with Crippen molar-refractivity contribution in [3.05, 3.63) is 46.2 Å². The van der Waals surface area contributed by atoms with E-state index in [4.69, 9.17) is 25.8 Å². The van der Waals surface area contributed by atoms with Gasteiger partial charge in [-0.2, -0.15) is 0 Å². The van der Waals surface area contributed by atoms with E-state index in [1.807, 2.05) is 6.92 Å². The summed E-state index contributed by atoms with van der Waals surface area (Å²) < 4.78 is 15.8. The summed E-state index contributed by atoms with van der Waals surface area (Å²) in [7, 11) is 1.24. The van der Waals surface area contributed by atoms with Gasteiger partial charge < -0.3 is 19.3 Å². The van der Waals surface area contributed by atoms with Crippen molar-refractivity contribution < 1.29 is 33.7 Å². The lowest BCUT2D eigenvalue weighted by Crippen LogP contribution is -2.67. The number of carbonyl (C=O) groups is 3. The van der Waals surface area contributed by atoms with Gasteiger partial charge >= 0.3 is 5.97 Å². The second-order valence-electron chi connectivity index (χ2n) is 7.64. The van der Waals surface area contributed by atoms with Crippen molar-refractivity contribution in [3.63, 3.8) is 0 Å². The van der Waals surface area contributed by atoms with Crippen LogP contribution in [0.25, 0.3) is 0 Å². The van der Waals surface area contributed by atoms with E-state index in [0.717, 1.165) is 25.8 Å². The van der Waals surface area contributed by atoms with Gasteiger partial charge in [0.1, 0.15) is 5.76 Å². The molecule has 0 bridgehead atoms. The molecule has 30 heavy (non-hydrogen) atoms. The minimum Gasteiger partial charge on any atom is -0.461 e. The van der Waals surface area contributed by atoms with Crippen LogP contribution < -0.4 is 0 Å². The highest BCUT2D eigenvalue weighted by atomic mass is 35.5. The molecule has 0 aromatic rings. The number of methoxy groups -OCH3 is 1. The number of esters is 1. The molecule has 0 radical (unpaired) electrons. The van der Waals surface area contributed by atoms with Crippen LogP contribution in [0.1, 0.15) is 41.0 Å². The van der Waals surface area contributed by atoms with Gasteiger partial charge in [-0.25, -0.2) is 0 Å². The Bertz CT molecular complexity index is 882. The number of fused-ring (bicyclic) bond motifs is 1. The Morgan fingerprint density at radius 2 is 2.03 bits per heavy atom. The van der Waals surface area contributed by atoms with Crippen molar-refractivity contribution in [2.45, 2.75) is 58.5 Å². The predicted octanol–water partition coefficient (Wildman–Crippen LogP) is 3.12. The van der Waals surface area contributed by atoms with Crippen LogP contribution in [0.2, 0.25) is 0 Å². The van der Waals surface area contributed by atoms with Crippen LogP contribution in [0.4, 0.5) is 0 Å². The Hall–Kier alpha value is -2.22. The van der Waals surface area contributed by atoms with E-state index in [2.05, 4.69) is 19.9 Å². The highest BCUT2D eigenvalue weighted by Gasteiger charge is 2.65. The number of carbonyl (C=O) groups excluding carboxylic acids is 3. The molecule has 0 spiro atoms. The van der Waals surface area contributed by atoms with Gasteiger partial charge in [0.05, 0.1) is 5.03 Å². The molecule has 1 N–H and O–H groups in total. The standard InChI is InChI=1S/C22H27ClO7/c1-7-12(2)10-13(3)8-9-15-11-16-17(23)18(25)21(5,30-14(4)24)19(26)22(16,27)20(28-6)29-15/h8-12,20,27H,7H2,1-6H3/b9-8+,13-10+. The van der Waals surface area contributed by atoms with Gasteiger partial charge in [0, 0.05) is 19.6 Å². The second-order valence-corrected chi connectivity index (χ2v) is 8.02. The highest BCUT2D eigenvalue weighted by Crippen LogP contribution is 2.45. The van der Waals surface area contributed by atoms with Gasteiger partial charge in [-0.3, -0.25) is 14.4 Å². The van der Waals surface area contributed by atoms with Gasteiger partial charge in [-0.15, -0.1) is 0 Å². The minimum atomic E-state index is -2.43. The number of Topliss-reactive ketones (excluding diaryl/α,β-unsaturated/α-hetero) is 2. The number of aliphatic hydroxyl groups is 1. The maximum absolute atomic E-state index is 13.1. The topological polar surface area (TPSA) is 99.1 Å². The Morgan fingerprint density at radius 3 is 2.57 bits per heavy atom. The summed E-state index contributed by atoms with van der Waals surface area (Å²) in [4.78, 5) is 37.4. The van der Waals surface area contributed by atoms with Crippen LogP contribution in [0.15, 0.2) is 46.2 Å². The first-order valence-corrected chi connectivity index (χ1v) is 9.99. The van der Waals surface area contributed by atoms with Crippen molar-refractivity contribution in [1.29, 1.82) is 0 Å². The fourth-order valence-corrected chi connectivity index (χ4v) is 3.78. The molecule has 164 valence electrons. The monoisotopic (exact) mass is 438 g/mol. The van der Waals surface area contributed by atoms with Crippen molar-refractivity contribution in [1.82, 2.24) is 0 Å². The number of allylic oxidation sites excluding steroid dienone is 4. The third-order valence-electron chi connectivity index (χ3n) is 5.19. The van der Waals surface area contributed by atoms with E-state index >= 15 is 0 Å².